The van der Waals surface area contributed by atoms with Gasteiger partial charge >= 0.3 is 0 Å². The van der Waals surface area contributed by atoms with E-state index < -0.39 is 0 Å². The van der Waals surface area contributed by atoms with Crippen LogP contribution in [0.15, 0.2) is 48.7 Å². The van der Waals surface area contributed by atoms with Crippen molar-refractivity contribution in [3.8, 4) is 5.75 Å². The Balaban J connectivity index is 1.30. The fourth-order valence-electron chi connectivity index (χ4n) is 4.22. The normalized spacial score (nSPS) is 15.5. The summed E-state index contributed by atoms with van der Waals surface area (Å²) in [6.45, 7) is 5.57. The fraction of sp³-hybridized carbons (Fsp3) is 0.375. The second-order valence-electron chi connectivity index (χ2n) is 8.01. The zero-order valence-corrected chi connectivity index (χ0v) is 18.1. The van der Waals surface area contributed by atoms with Gasteiger partial charge in [-0.1, -0.05) is 41.3 Å². The van der Waals surface area contributed by atoms with Crippen LogP contribution in [0.4, 0.5) is 0 Å². The van der Waals surface area contributed by atoms with Crippen molar-refractivity contribution in [3.63, 3.8) is 0 Å². The first kappa shape index (κ1) is 21.0. The van der Waals surface area contributed by atoms with Gasteiger partial charge in [0.25, 0.3) is 0 Å². The zero-order valence-electron chi connectivity index (χ0n) is 17.3. The molecule has 3 aromatic rings. The number of aromatic nitrogens is 1. The Morgan fingerprint density at radius 2 is 1.93 bits per heavy atom. The lowest BCUT2D eigenvalue weighted by Gasteiger charge is -2.32. The van der Waals surface area contributed by atoms with Crippen LogP contribution in [0.5, 0.6) is 5.75 Å². The van der Waals surface area contributed by atoms with Gasteiger partial charge in [-0.25, -0.2) is 0 Å². The molecule has 0 aliphatic carbocycles. The van der Waals surface area contributed by atoms with Gasteiger partial charge in [-0.15, -0.1) is 0 Å². The summed E-state index contributed by atoms with van der Waals surface area (Å²) in [4.78, 5) is 14.5. The molecule has 0 atom stereocenters. The predicted octanol–water partition coefficient (Wildman–Crippen LogP) is 4.22. The van der Waals surface area contributed by atoms with Crippen LogP contribution in [0, 0.1) is 0 Å². The first-order chi connectivity index (χ1) is 14.5. The molecule has 154 valence electrons. The maximum Gasteiger partial charge on any atom is 0.161 e. The van der Waals surface area contributed by atoms with Gasteiger partial charge in [-0.05, 0) is 50.9 Å². The van der Waals surface area contributed by atoms with E-state index in [4.69, 9.17) is 24.2 Å². The van der Waals surface area contributed by atoms with Crippen LogP contribution in [0.1, 0.15) is 36.5 Å². The van der Waals surface area contributed by atoms with Crippen LogP contribution >= 0.6 is 11.6 Å². The third-order valence-electron chi connectivity index (χ3n) is 5.82. The lowest BCUT2D eigenvalue weighted by molar-refractivity contribution is 0.0994. The van der Waals surface area contributed by atoms with E-state index in [1.54, 1.807) is 6.92 Å². The Kier molecular flexibility index (Phi) is 6.50. The van der Waals surface area contributed by atoms with E-state index in [2.05, 4.69) is 9.47 Å². The average Bonchev–Trinajstić information content (AvgIpc) is 3.09. The molecular weight excluding hydrogens is 395 g/mol. The first-order valence-electron chi connectivity index (χ1n) is 10.5. The first-order valence-corrected chi connectivity index (χ1v) is 10.9. The third-order valence-corrected chi connectivity index (χ3v) is 6.13. The van der Waals surface area contributed by atoms with Gasteiger partial charge in [0.15, 0.2) is 5.78 Å². The van der Waals surface area contributed by atoms with E-state index in [-0.39, 0.29) is 11.9 Å². The standard InChI is InChI=1S/C24H26BClN2O2/c1-17(29)21-16-28(23-8-7-18(25)15-20(21)23)12-4-11-27-13-9-19(10-14-27)30-24-6-3-2-5-22(24)26/h2-3,5-8,15-16,19H,4,9-14H2,1H3. The highest BCUT2D eigenvalue weighted by molar-refractivity contribution is 6.33. The molecule has 2 radical (unpaired) electrons. The number of rotatable bonds is 7. The molecule has 1 aliphatic rings. The zero-order chi connectivity index (χ0) is 21.1. The summed E-state index contributed by atoms with van der Waals surface area (Å²) in [5, 5.41) is 1.62. The molecule has 0 unspecified atom stereocenters. The van der Waals surface area contributed by atoms with Crippen molar-refractivity contribution in [1.82, 2.24) is 9.47 Å². The lowest BCUT2D eigenvalue weighted by Crippen LogP contribution is -2.39. The summed E-state index contributed by atoms with van der Waals surface area (Å²) in [6, 6.07) is 13.5. The summed E-state index contributed by atoms with van der Waals surface area (Å²) >= 11 is 6.20. The van der Waals surface area contributed by atoms with Crippen molar-refractivity contribution in [2.24, 2.45) is 0 Å². The highest BCUT2D eigenvalue weighted by atomic mass is 35.5. The number of Topliss-reactive ketones (excluding diaryl/α,β-unsaturated/α-hetero) is 1. The van der Waals surface area contributed by atoms with Gasteiger partial charge in [-0.3, -0.25) is 4.79 Å². The number of nitrogens with zero attached hydrogens (tertiary/aromatic N) is 2. The van der Waals surface area contributed by atoms with Crippen LogP contribution in [0.25, 0.3) is 10.9 Å². The molecule has 6 heteroatoms. The Hall–Kier alpha value is -2.24. The molecule has 4 rings (SSSR count). The average molecular weight is 421 g/mol. The van der Waals surface area contributed by atoms with Crippen LogP contribution in [0.3, 0.4) is 0 Å². The number of benzene rings is 2. The van der Waals surface area contributed by atoms with Crippen molar-refractivity contribution in [3.05, 3.63) is 59.2 Å². The molecule has 4 nitrogen and oxygen atoms in total. The van der Waals surface area contributed by atoms with E-state index in [0.29, 0.717) is 10.5 Å². The molecule has 1 fully saturated rings. The Labute approximate surface area is 184 Å². The van der Waals surface area contributed by atoms with Crippen molar-refractivity contribution < 1.29 is 9.53 Å². The Morgan fingerprint density at radius 3 is 2.67 bits per heavy atom. The molecule has 0 spiro atoms. The Bertz CT molecular complexity index is 1040. The number of likely N-dealkylation sites (tertiary alicyclic amines) is 1. The van der Waals surface area contributed by atoms with Crippen LogP contribution in [0.2, 0.25) is 5.02 Å². The smallest absolute Gasteiger partial charge is 0.161 e. The van der Waals surface area contributed by atoms with Crippen LogP contribution in [-0.2, 0) is 6.54 Å². The molecule has 30 heavy (non-hydrogen) atoms. The number of carbonyl (C=O) groups excluding carboxylic acids is 1. The maximum absolute atomic E-state index is 12.0. The van der Waals surface area contributed by atoms with Crippen molar-refractivity contribution in [1.29, 1.82) is 0 Å². The number of piperidine rings is 1. The number of para-hydroxylation sites is 1. The number of ether oxygens (including phenoxy) is 1. The number of hydrogen-bond acceptors (Lipinski definition) is 3. The minimum absolute atomic E-state index is 0.0740. The van der Waals surface area contributed by atoms with Gasteiger partial charge in [0.2, 0.25) is 0 Å². The SMILES string of the molecule is [B]c1ccc2c(c1)c(C(C)=O)cn2CCCN1CCC(Oc2ccccc2Cl)CC1. The molecule has 0 bridgehead atoms. The monoisotopic (exact) mass is 420 g/mol. The quantitative estimate of drug-likeness (QED) is 0.424. The maximum atomic E-state index is 12.0. The number of halogens is 1. The van der Waals surface area contributed by atoms with Gasteiger partial charge in [0.1, 0.15) is 19.7 Å². The minimum Gasteiger partial charge on any atom is -0.489 e. The van der Waals surface area contributed by atoms with Gasteiger partial charge in [0.05, 0.1) is 5.02 Å². The molecule has 0 N–H and O–H groups in total. The topological polar surface area (TPSA) is 34.5 Å². The summed E-state index contributed by atoms with van der Waals surface area (Å²) in [6.07, 6.45) is 5.23. The van der Waals surface area contributed by atoms with Gasteiger partial charge < -0.3 is 14.2 Å². The highest BCUT2D eigenvalue weighted by Gasteiger charge is 2.21. The molecule has 1 saturated heterocycles. The molecule has 1 aromatic heterocycles. The third kappa shape index (κ3) is 4.74. The summed E-state index contributed by atoms with van der Waals surface area (Å²) in [5.74, 6) is 0.851. The van der Waals surface area contributed by atoms with Crippen molar-refractivity contribution >= 4 is 41.6 Å². The van der Waals surface area contributed by atoms with E-state index in [1.165, 1.54) is 0 Å². The highest BCUT2D eigenvalue weighted by Crippen LogP contribution is 2.27. The number of aryl methyl sites for hydroxylation is 1. The van der Waals surface area contributed by atoms with E-state index in [1.807, 2.05) is 48.7 Å². The van der Waals surface area contributed by atoms with E-state index in [9.17, 15) is 4.79 Å². The summed E-state index contributed by atoms with van der Waals surface area (Å²) < 4.78 is 8.27. The van der Waals surface area contributed by atoms with E-state index >= 15 is 0 Å². The van der Waals surface area contributed by atoms with Crippen molar-refractivity contribution in [2.75, 3.05) is 19.6 Å². The molecule has 2 aromatic carbocycles. The largest absolute Gasteiger partial charge is 0.489 e. The van der Waals surface area contributed by atoms with Crippen LogP contribution in [-0.4, -0.2) is 48.8 Å². The fourth-order valence-corrected chi connectivity index (χ4v) is 4.40. The summed E-state index contributed by atoms with van der Waals surface area (Å²) in [5.41, 5.74) is 2.50. The number of ketones is 1. The number of fused-ring (bicyclic) bond motifs is 1. The van der Waals surface area contributed by atoms with Crippen molar-refractivity contribution in [2.45, 2.75) is 38.8 Å². The minimum atomic E-state index is 0.0740. The van der Waals surface area contributed by atoms with Gasteiger partial charge in [0, 0.05) is 42.3 Å². The van der Waals surface area contributed by atoms with Gasteiger partial charge in [-0.2, -0.15) is 0 Å². The lowest BCUT2D eigenvalue weighted by atomic mass is 9.94. The predicted molar refractivity (Wildman–Crippen MR) is 123 cm³/mol. The number of carbonyl (C=O) groups is 1. The molecule has 0 amide bonds. The second kappa shape index (κ2) is 9.28. The molecule has 1 aliphatic heterocycles. The van der Waals surface area contributed by atoms with E-state index in [0.717, 1.165) is 67.7 Å². The molecule has 2 heterocycles. The second-order valence-corrected chi connectivity index (χ2v) is 8.42. The Morgan fingerprint density at radius 1 is 1.17 bits per heavy atom. The van der Waals surface area contributed by atoms with Crippen LogP contribution < -0.4 is 10.2 Å². The molecule has 0 saturated carbocycles. The summed E-state index contributed by atoms with van der Waals surface area (Å²) in [7, 11) is 5.92. The molecular formula is C24H26BClN2O2. The number of hydrogen-bond donors (Lipinski definition) is 0.